The molecule has 8 nitrogen and oxygen atoms in total. The Morgan fingerprint density at radius 1 is 1.18 bits per heavy atom. The Morgan fingerprint density at radius 3 is 2.58 bits per heavy atom. The Labute approximate surface area is 196 Å². The summed E-state index contributed by atoms with van der Waals surface area (Å²) in [4.78, 5) is 41.9. The molecule has 1 heterocycles. The molecule has 0 saturated heterocycles. The van der Waals surface area contributed by atoms with Crippen LogP contribution in [-0.2, 0) is 17.9 Å². The lowest BCUT2D eigenvalue weighted by molar-refractivity contribution is -0.120. The number of nitrogens with two attached hydrogens (primary N) is 1. The van der Waals surface area contributed by atoms with Gasteiger partial charge in [-0.3, -0.25) is 24.0 Å². The fraction of sp³-hybridized carbons (Fsp3) is 0.292. The number of aryl methyl sites for hydroxylation is 1. The van der Waals surface area contributed by atoms with Crippen molar-refractivity contribution in [2.45, 2.75) is 39.8 Å². The van der Waals surface area contributed by atoms with Crippen LogP contribution in [0.4, 0.5) is 11.5 Å². The van der Waals surface area contributed by atoms with E-state index in [0.29, 0.717) is 23.7 Å². The van der Waals surface area contributed by atoms with E-state index >= 15 is 0 Å². The van der Waals surface area contributed by atoms with Gasteiger partial charge in [0.1, 0.15) is 11.6 Å². The lowest BCUT2D eigenvalue weighted by Gasteiger charge is -2.25. The number of hydrogen-bond donors (Lipinski definition) is 2. The van der Waals surface area contributed by atoms with Crippen LogP contribution >= 0.6 is 11.6 Å². The molecule has 0 aliphatic carbocycles. The summed E-state index contributed by atoms with van der Waals surface area (Å²) in [6.45, 7) is 3.90. The fourth-order valence-electron chi connectivity index (χ4n) is 3.36. The van der Waals surface area contributed by atoms with Gasteiger partial charge in [-0.05, 0) is 42.7 Å². The molecule has 3 aromatic rings. The zero-order chi connectivity index (χ0) is 24.0. The molecule has 2 aromatic carbocycles. The highest BCUT2D eigenvalue weighted by Gasteiger charge is 2.25. The smallest absolute Gasteiger partial charge is 0.330 e. The molecule has 0 saturated carbocycles. The van der Waals surface area contributed by atoms with Gasteiger partial charge in [-0.1, -0.05) is 55.3 Å². The lowest BCUT2D eigenvalue weighted by Crippen LogP contribution is -2.42. The third-order valence-corrected chi connectivity index (χ3v) is 5.62. The van der Waals surface area contributed by atoms with E-state index in [1.165, 1.54) is 9.47 Å². The predicted molar refractivity (Wildman–Crippen MR) is 130 cm³/mol. The Morgan fingerprint density at radius 2 is 1.91 bits per heavy atom. The summed E-state index contributed by atoms with van der Waals surface area (Å²) in [6.07, 6.45) is 1.53. The molecule has 0 aliphatic heterocycles. The molecule has 0 atom stereocenters. The van der Waals surface area contributed by atoms with Crippen molar-refractivity contribution in [2.24, 2.45) is 0 Å². The molecular formula is C24H27ClN4O4. The second-order valence-electron chi connectivity index (χ2n) is 7.66. The number of nitrogens with one attached hydrogen (secondary N) is 1. The molecule has 33 heavy (non-hydrogen) atoms. The van der Waals surface area contributed by atoms with Crippen molar-refractivity contribution in [3.05, 3.63) is 85.5 Å². The van der Waals surface area contributed by atoms with Crippen LogP contribution < -0.4 is 26.6 Å². The second-order valence-corrected chi connectivity index (χ2v) is 8.07. The molecule has 9 heteroatoms. The minimum atomic E-state index is -0.725. The number of H-pyrrole nitrogens is 1. The molecular weight excluding hydrogens is 444 g/mol. The van der Waals surface area contributed by atoms with Crippen LogP contribution in [0.1, 0.15) is 30.9 Å². The quantitative estimate of drug-likeness (QED) is 0.497. The number of carbonyl (C=O) groups excluding carboxylic acids is 1. The molecule has 1 amide bonds. The molecule has 0 bridgehead atoms. The number of halogens is 1. The van der Waals surface area contributed by atoms with Crippen molar-refractivity contribution in [3.8, 4) is 5.75 Å². The Bertz CT molecular complexity index is 1240. The largest absolute Gasteiger partial charge is 0.484 e. The molecule has 3 rings (SSSR count). The number of carbonyl (C=O) groups is 1. The van der Waals surface area contributed by atoms with Gasteiger partial charge in [0.25, 0.3) is 11.5 Å². The summed E-state index contributed by atoms with van der Waals surface area (Å²) in [5.74, 6) is -0.0622. The number of aromatic nitrogens is 2. The highest BCUT2D eigenvalue weighted by atomic mass is 35.5. The molecule has 0 unspecified atom stereocenters. The van der Waals surface area contributed by atoms with Crippen LogP contribution in [0.25, 0.3) is 0 Å². The van der Waals surface area contributed by atoms with E-state index in [2.05, 4.69) is 4.98 Å². The fourth-order valence-corrected chi connectivity index (χ4v) is 3.48. The third kappa shape index (κ3) is 5.84. The number of rotatable bonds is 9. The first-order chi connectivity index (χ1) is 15.8. The maximum atomic E-state index is 13.3. The molecule has 1 aromatic heterocycles. The lowest BCUT2D eigenvalue weighted by atomic mass is 10.2. The van der Waals surface area contributed by atoms with E-state index < -0.39 is 17.2 Å². The van der Waals surface area contributed by atoms with E-state index in [9.17, 15) is 14.4 Å². The van der Waals surface area contributed by atoms with Gasteiger partial charge in [-0.15, -0.1) is 0 Å². The van der Waals surface area contributed by atoms with Crippen LogP contribution in [0.15, 0.2) is 58.1 Å². The van der Waals surface area contributed by atoms with Crippen molar-refractivity contribution in [1.29, 1.82) is 0 Å². The third-order valence-electron chi connectivity index (χ3n) is 5.20. The van der Waals surface area contributed by atoms with E-state index in [1.54, 1.807) is 18.2 Å². The van der Waals surface area contributed by atoms with E-state index in [1.807, 2.05) is 44.2 Å². The van der Waals surface area contributed by atoms with Crippen LogP contribution in [0.5, 0.6) is 5.75 Å². The van der Waals surface area contributed by atoms with Gasteiger partial charge in [-0.25, -0.2) is 4.79 Å². The average molecular weight is 471 g/mol. The van der Waals surface area contributed by atoms with Gasteiger partial charge >= 0.3 is 5.69 Å². The highest BCUT2D eigenvalue weighted by molar-refractivity contribution is 6.31. The summed E-state index contributed by atoms with van der Waals surface area (Å²) >= 11 is 6.05. The minimum Gasteiger partial charge on any atom is -0.484 e. The van der Waals surface area contributed by atoms with Gasteiger partial charge < -0.3 is 10.5 Å². The van der Waals surface area contributed by atoms with Crippen LogP contribution in [0, 0.1) is 6.92 Å². The van der Waals surface area contributed by atoms with Crippen molar-refractivity contribution in [3.63, 3.8) is 0 Å². The number of benzene rings is 2. The Kier molecular flexibility index (Phi) is 7.95. The summed E-state index contributed by atoms with van der Waals surface area (Å²) in [6, 6.07) is 14.3. The second kappa shape index (κ2) is 10.9. The number of anilines is 2. The number of amides is 1. The number of nitrogen functional groups attached to an aromatic ring is 1. The zero-order valence-corrected chi connectivity index (χ0v) is 19.4. The molecule has 3 N–H and O–H groups in total. The predicted octanol–water partition coefficient (Wildman–Crippen LogP) is 3.49. The Balaban J connectivity index is 1.97. The monoisotopic (exact) mass is 470 g/mol. The number of nitrogens with zero attached hydrogens (tertiary/aromatic N) is 2. The molecule has 0 fully saturated rings. The number of ether oxygens (including phenoxy) is 1. The van der Waals surface area contributed by atoms with Gasteiger partial charge in [0, 0.05) is 11.6 Å². The standard InChI is InChI=1S/C24H27ClN4O4/c1-3-4-12-28-22(26)21(23(31)27-24(28)32)29(14-17-8-6-5-7-9-17)20(30)15-33-18-10-11-19(25)16(2)13-18/h5-11,13H,3-4,12,14-15,26H2,1-2H3,(H,27,31,32). The van der Waals surface area contributed by atoms with Crippen LogP contribution in [-0.4, -0.2) is 22.1 Å². The normalized spacial score (nSPS) is 10.8. The topological polar surface area (TPSA) is 110 Å². The summed E-state index contributed by atoms with van der Waals surface area (Å²) < 4.78 is 6.96. The highest BCUT2D eigenvalue weighted by Crippen LogP contribution is 2.23. The van der Waals surface area contributed by atoms with E-state index in [-0.39, 0.29) is 24.7 Å². The van der Waals surface area contributed by atoms with Gasteiger partial charge in [0.2, 0.25) is 0 Å². The molecule has 174 valence electrons. The van der Waals surface area contributed by atoms with Crippen molar-refractivity contribution in [1.82, 2.24) is 9.55 Å². The van der Waals surface area contributed by atoms with Crippen LogP contribution in [0.2, 0.25) is 5.02 Å². The average Bonchev–Trinajstić information content (AvgIpc) is 2.79. The maximum absolute atomic E-state index is 13.3. The number of aromatic amines is 1. The first kappa shape index (κ1) is 24.1. The number of hydrogen-bond acceptors (Lipinski definition) is 5. The summed E-state index contributed by atoms with van der Waals surface area (Å²) in [5.41, 5.74) is 6.46. The Hall–Kier alpha value is -3.52. The maximum Gasteiger partial charge on any atom is 0.330 e. The first-order valence-electron chi connectivity index (χ1n) is 10.7. The number of unbranched alkanes of at least 4 members (excludes halogenated alkanes) is 1. The SMILES string of the molecule is CCCCn1c(N)c(N(Cc2ccccc2)C(=O)COc2ccc(Cl)c(C)c2)c(=O)[nH]c1=O. The molecule has 0 aliphatic rings. The van der Waals surface area contributed by atoms with Crippen molar-refractivity contribution in [2.75, 3.05) is 17.2 Å². The van der Waals surface area contributed by atoms with Gasteiger partial charge in [-0.2, -0.15) is 0 Å². The first-order valence-corrected chi connectivity index (χ1v) is 11.1. The summed E-state index contributed by atoms with van der Waals surface area (Å²) in [5, 5.41) is 0.591. The van der Waals surface area contributed by atoms with Crippen molar-refractivity contribution >= 4 is 29.0 Å². The van der Waals surface area contributed by atoms with E-state index in [0.717, 1.165) is 17.5 Å². The minimum absolute atomic E-state index is 0.0520. The van der Waals surface area contributed by atoms with Crippen LogP contribution in [0.3, 0.4) is 0 Å². The van der Waals surface area contributed by atoms with E-state index in [4.69, 9.17) is 22.1 Å². The van der Waals surface area contributed by atoms with Gasteiger partial charge in [0.05, 0.1) is 6.54 Å². The molecule has 0 spiro atoms. The summed E-state index contributed by atoms with van der Waals surface area (Å²) in [7, 11) is 0. The zero-order valence-electron chi connectivity index (χ0n) is 18.6. The molecule has 0 radical (unpaired) electrons. The van der Waals surface area contributed by atoms with Gasteiger partial charge in [0.15, 0.2) is 12.3 Å². The van der Waals surface area contributed by atoms with Crippen molar-refractivity contribution < 1.29 is 9.53 Å².